The highest BCUT2D eigenvalue weighted by Crippen LogP contribution is 2.25. The molecule has 3 heterocycles. The maximum Gasteiger partial charge on any atom is 0.332 e. The highest BCUT2D eigenvalue weighted by molar-refractivity contribution is 5.82. The Morgan fingerprint density at radius 2 is 1.92 bits per heavy atom. The Hall–Kier alpha value is -3.75. The summed E-state index contributed by atoms with van der Waals surface area (Å²) in [6, 6.07) is 8.23. The molecule has 0 aliphatic carbocycles. The second-order valence-electron chi connectivity index (χ2n) is 5.25. The lowest BCUT2D eigenvalue weighted by Crippen LogP contribution is -2.22. The van der Waals surface area contributed by atoms with Crippen molar-refractivity contribution in [1.82, 2.24) is 19.2 Å². The van der Waals surface area contributed by atoms with Gasteiger partial charge in [0.25, 0.3) is 5.56 Å². The molecule has 1 aromatic carbocycles. The first kappa shape index (κ1) is 14.8. The maximum absolute atomic E-state index is 13.0. The summed E-state index contributed by atoms with van der Waals surface area (Å²) in [5, 5.41) is 15.8. The zero-order valence-electron chi connectivity index (χ0n) is 13.0. The van der Waals surface area contributed by atoms with Crippen LogP contribution in [-0.4, -0.2) is 31.2 Å². The summed E-state index contributed by atoms with van der Waals surface area (Å²) in [5.74, 6) is 0.612. The van der Waals surface area contributed by atoms with E-state index in [1.807, 2.05) is 0 Å². The lowest BCUT2D eigenvalue weighted by Gasteiger charge is -2.11. The molecule has 0 saturated heterocycles. The van der Waals surface area contributed by atoms with Crippen molar-refractivity contribution in [3.05, 3.63) is 69.4 Å². The summed E-state index contributed by atoms with van der Waals surface area (Å²) in [4.78, 5) is 27.8. The number of pyridine rings is 1. The minimum atomic E-state index is -0.565. The van der Waals surface area contributed by atoms with Crippen molar-refractivity contribution in [2.45, 2.75) is 0 Å². The van der Waals surface area contributed by atoms with Crippen molar-refractivity contribution in [3.8, 4) is 11.4 Å². The van der Waals surface area contributed by atoms with Crippen LogP contribution in [0.2, 0.25) is 0 Å². The number of rotatable bonds is 3. The van der Waals surface area contributed by atoms with E-state index in [9.17, 15) is 14.9 Å². The second kappa shape index (κ2) is 5.41. The highest BCUT2D eigenvalue weighted by atomic mass is 16.6. The van der Waals surface area contributed by atoms with E-state index < -0.39 is 10.5 Å². The molecule has 0 atom stereocenters. The summed E-state index contributed by atoms with van der Waals surface area (Å²) in [6.45, 7) is 0. The molecule has 0 saturated carbocycles. The first-order chi connectivity index (χ1) is 12.1. The quantitative estimate of drug-likeness (QED) is 0.418. The molecular weight excluding hydrogens is 326 g/mol. The van der Waals surface area contributed by atoms with Crippen LogP contribution in [0, 0.1) is 10.1 Å². The lowest BCUT2D eigenvalue weighted by molar-refractivity contribution is -0.383. The topological polar surface area (TPSA) is 105 Å². The zero-order valence-corrected chi connectivity index (χ0v) is 13.0. The van der Waals surface area contributed by atoms with Gasteiger partial charge in [-0.2, -0.15) is 5.10 Å². The maximum atomic E-state index is 13.0. The van der Waals surface area contributed by atoms with Crippen LogP contribution in [0.25, 0.3) is 22.2 Å². The van der Waals surface area contributed by atoms with Crippen molar-refractivity contribution in [2.24, 2.45) is 0 Å². The number of ether oxygens (including phenoxy) is 1. The van der Waals surface area contributed by atoms with Crippen LogP contribution in [0.4, 0.5) is 5.69 Å². The molecule has 4 rings (SSSR count). The molecule has 0 unspecified atom stereocenters. The van der Waals surface area contributed by atoms with Gasteiger partial charge in [-0.05, 0) is 30.3 Å². The van der Waals surface area contributed by atoms with E-state index in [-0.39, 0.29) is 11.3 Å². The Bertz CT molecular complexity index is 1180. The molecule has 25 heavy (non-hydrogen) atoms. The molecule has 0 spiro atoms. The molecule has 0 aliphatic heterocycles. The smallest absolute Gasteiger partial charge is 0.332 e. The third-order valence-corrected chi connectivity index (χ3v) is 3.93. The molecular formula is C16H11N5O4. The average molecular weight is 337 g/mol. The molecule has 0 radical (unpaired) electrons. The molecule has 4 aromatic rings. The number of fused-ring (bicyclic) bond motifs is 3. The average Bonchev–Trinajstić information content (AvgIpc) is 3.08. The fourth-order valence-electron chi connectivity index (χ4n) is 2.77. The van der Waals surface area contributed by atoms with E-state index in [0.717, 1.165) is 6.20 Å². The molecule has 0 amide bonds. The molecule has 9 nitrogen and oxygen atoms in total. The predicted octanol–water partition coefficient (Wildman–Crippen LogP) is 1.95. The fraction of sp³-hybridized carbons (Fsp3) is 0.0625. The van der Waals surface area contributed by atoms with E-state index in [1.165, 1.54) is 28.6 Å². The van der Waals surface area contributed by atoms with E-state index in [4.69, 9.17) is 4.74 Å². The van der Waals surface area contributed by atoms with E-state index in [2.05, 4.69) is 10.1 Å². The van der Waals surface area contributed by atoms with Gasteiger partial charge < -0.3 is 4.74 Å². The van der Waals surface area contributed by atoms with Crippen LogP contribution in [0.15, 0.2) is 53.7 Å². The van der Waals surface area contributed by atoms with Gasteiger partial charge in [0.2, 0.25) is 5.65 Å². The van der Waals surface area contributed by atoms with Crippen LogP contribution in [0.3, 0.4) is 0 Å². The largest absolute Gasteiger partial charge is 0.497 e. The highest BCUT2D eigenvalue weighted by Gasteiger charge is 2.23. The minimum absolute atomic E-state index is 0.0701. The Labute approximate surface area is 139 Å². The molecule has 0 aliphatic rings. The number of hydrogen-bond acceptors (Lipinski definition) is 6. The Morgan fingerprint density at radius 1 is 1.16 bits per heavy atom. The summed E-state index contributed by atoms with van der Waals surface area (Å²) < 4.78 is 7.74. The van der Waals surface area contributed by atoms with Crippen molar-refractivity contribution >= 4 is 22.2 Å². The number of nitro groups is 1. The molecule has 9 heteroatoms. The third-order valence-electron chi connectivity index (χ3n) is 3.93. The van der Waals surface area contributed by atoms with Crippen LogP contribution in [0.1, 0.15) is 0 Å². The number of nitrogens with zero attached hydrogens (tertiary/aromatic N) is 5. The van der Waals surface area contributed by atoms with Crippen molar-refractivity contribution in [1.29, 1.82) is 0 Å². The molecule has 0 N–H and O–H groups in total. The van der Waals surface area contributed by atoms with Gasteiger partial charge in [0.1, 0.15) is 11.9 Å². The molecule has 124 valence electrons. The van der Waals surface area contributed by atoms with Crippen LogP contribution in [0.5, 0.6) is 5.75 Å². The molecule has 0 bridgehead atoms. The third kappa shape index (κ3) is 2.13. The van der Waals surface area contributed by atoms with Crippen LogP contribution < -0.4 is 10.3 Å². The van der Waals surface area contributed by atoms with Crippen LogP contribution in [-0.2, 0) is 0 Å². The van der Waals surface area contributed by atoms with Crippen molar-refractivity contribution < 1.29 is 9.66 Å². The lowest BCUT2D eigenvalue weighted by atomic mass is 10.2. The second-order valence-corrected chi connectivity index (χ2v) is 5.25. The first-order valence-corrected chi connectivity index (χ1v) is 7.27. The van der Waals surface area contributed by atoms with E-state index in [0.29, 0.717) is 22.3 Å². The van der Waals surface area contributed by atoms with Gasteiger partial charge in [-0.25, -0.2) is 4.52 Å². The predicted molar refractivity (Wildman–Crippen MR) is 89.3 cm³/mol. The van der Waals surface area contributed by atoms with Crippen molar-refractivity contribution in [2.75, 3.05) is 7.11 Å². The monoisotopic (exact) mass is 337 g/mol. The van der Waals surface area contributed by atoms with E-state index in [1.54, 1.807) is 30.3 Å². The summed E-state index contributed by atoms with van der Waals surface area (Å²) in [7, 11) is 1.53. The Morgan fingerprint density at radius 3 is 2.60 bits per heavy atom. The van der Waals surface area contributed by atoms with Gasteiger partial charge in [0, 0.05) is 6.20 Å². The van der Waals surface area contributed by atoms with Gasteiger partial charge >= 0.3 is 5.69 Å². The first-order valence-electron chi connectivity index (χ1n) is 7.27. The zero-order chi connectivity index (χ0) is 17.6. The number of hydrogen-bond donors (Lipinski definition) is 0. The minimum Gasteiger partial charge on any atom is -0.497 e. The molecule has 0 fully saturated rings. The fourth-order valence-corrected chi connectivity index (χ4v) is 2.77. The van der Waals surface area contributed by atoms with E-state index >= 15 is 0 Å². The normalized spacial score (nSPS) is 11.1. The SMILES string of the molecule is COc1ccc(-n2c(=O)c3ccncc3n3ncc([N+](=O)[O-])c23)cc1. The van der Waals surface area contributed by atoms with Crippen molar-refractivity contribution in [3.63, 3.8) is 0 Å². The van der Waals surface area contributed by atoms with Crippen LogP contribution >= 0.6 is 0 Å². The Kier molecular flexibility index (Phi) is 3.21. The van der Waals surface area contributed by atoms with Gasteiger partial charge in [-0.1, -0.05) is 0 Å². The number of aromatic nitrogens is 4. The Balaban J connectivity index is 2.19. The van der Waals surface area contributed by atoms with Gasteiger partial charge in [-0.3, -0.25) is 24.5 Å². The number of benzene rings is 1. The standard InChI is InChI=1S/C16H11N5O4/c1-25-11-4-2-10(3-5-11)19-15-14(21(23)24)9-18-20(15)13-8-17-7-6-12(13)16(19)22/h2-9H,1H3. The summed E-state index contributed by atoms with van der Waals surface area (Å²) in [6.07, 6.45) is 4.08. The molecule has 3 aromatic heterocycles. The number of methoxy groups -OCH3 is 1. The van der Waals surface area contributed by atoms with Gasteiger partial charge in [-0.15, -0.1) is 0 Å². The van der Waals surface area contributed by atoms with Gasteiger partial charge in [0.05, 0.1) is 34.8 Å². The summed E-state index contributed by atoms with van der Waals surface area (Å²) in [5.41, 5.74) is 0.288. The summed E-state index contributed by atoms with van der Waals surface area (Å²) >= 11 is 0. The van der Waals surface area contributed by atoms with Gasteiger partial charge in [0.15, 0.2) is 0 Å².